The van der Waals surface area contributed by atoms with Crippen molar-refractivity contribution in [2.45, 2.75) is 39.0 Å². The zero-order chi connectivity index (χ0) is 13.1. The molecule has 1 rings (SSSR count). The van der Waals surface area contributed by atoms with Gasteiger partial charge in [0, 0.05) is 12.6 Å². The fourth-order valence-corrected chi connectivity index (χ4v) is 1.56. The molecular formula is C12H17FN2O2. The Kier molecular flexibility index (Phi) is 4.11. The Balaban J connectivity index is 2.59. The van der Waals surface area contributed by atoms with Crippen molar-refractivity contribution in [3.05, 3.63) is 11.6 Å². The molecule has 0 saturated carbocycles. The molecule has 0 aromatic carbocycles. The van der Waals surface area contributed by atoms with Gasteiger partial charge in [0.25, 0.3) is 0 Å². The molecule has 1 fully saturated rings. The minimum absolute atomic E-state index is 0.0393. The molecule has 94 valence electrons. The summed E-state index contributed by atoms with van der Waals surface area (Å²) in [5.74, 6) is 0. The van der Waals surface area contributed by atoms with Gasteiger partial charge in [-0.05, 0) is 32.8 Å². The van der Waals surface area contributed by atoms with Gasteiger partial charge in [-0.2, -0.15) is 5.26 Å². The van der Waals surface area contributed by atoms with Crippen LogP contribution in [0.3, 0.4) is 0 Å². The summed E-state index contributed by atoms with van der Waals surface area (Å²) in [6.45, 7) is 5.65. The van der Waals surface area contributed by atoms with Crippen molar-refractivity contribution in [1.29, 1.82) is 5.26 Å². The van der Waals surface area contributed by atoms with Crippen molar-refractivity contribution in [1.82, 2.24) is 4.90 Å². The first kappa shape index (κ1) is 13.5. The van der Waals surface area contributed by atoms with Crippen LogP contribution >= 0.6 is 0 Å². The Labute approximate surface area is 101 Å². The average molecular weight is 240 g/mol. The van der Waals surface area contributed by atoms with Crippen LogP contribution in [0.5, 0.6) is 0 Å². The Hall–Kier alpha value is -1.57. The predicted molar refractivity (Wildman–Crippen MR) is 61.0 cm³/mol. The van der Waals surface area contributed by atoms with Crippen LogP contribution < -0.4 is 0 Å². The minimum Gasteiger partial charge on any atom is -0.444 e. The van der Waals surface area contributed by atoms with E-state index in [0.717, 1.165) is 0 Å². The first-order valence-electron chi connectivity index (χ1n) is 5.54. The summed E-state index contributed by atoms with van der Waals surface area (Å²) in [6.07, 6.45) is -0.169. The molecule has 0 bridgehead atoms. The smallest absolute Gasteiger partial charge is 0.410 e. The van der Waals surface area contributed by atoms with Crippen molar-refractivity contribution in [3.8, 4) is 6.07 Å². The number of carbonyl (C=O) groups excluding carboxylic acids is 1. The van der Waals surface area contributed by atoms with E-state index in [1.165, 1.54) is 11.0 Å². The number of carbonyl (C=O) groups is 1. The number of allylic oxidation sites excluding steroid dienone is 1. The van der Waals surface area contributed by atoms with Gasteiger partial charge in [0.2, 0.25) is 0 Å². The number of piperidine rings is 1. The average Bonchev–Trinajstić information content (AvgIpc) is 2.18. The topological polar surface area (TPSA) is 53.3 Å². The highest BCUT2D eigenvalue weighted by atomic mass is 19.1. The Morgan fingerprint density at radius 2 is 2.29 bits per heavy atom. The van der Waals surface area contributed by atoms with Crippen LogP contribution in [0, 0.1) is 11.3 Å². The molecule has 0 aliphatic carbocycles. The second-order valence-electron chi connectivity index (χ2n) is 4.99. The zero-order valence-corrected chi connectivity index (χ0v) is 10.4. The van der Waals surface area contributed by atoms with Gasteiger partial charge in [0.05, 0.1) is 12.6 Å². The van der Waals surface area contributed by atoms with E-state index >= 15 is 0 Å². The van der Waals surface area contributed by atoms with Crippen LogP contribution in [0.2, 0.25) is 0 Å². The zero-order valence-electron chi connectivity index (χ0n) is 10.4. The van der Waals surface area contributed by atoms with Crippen molar-refractivity contribution in [2.24, 2.45) is 0 Å². The highest BCUT2D eigenvalue weighted by Crippen LogP contribution is 2.21. The van der Waals surface area contributed by atoms with Gasteiger partial charge in [-0.1, -0.05) is 0 Å². The molecule has 1 unspecified atom stereocenters. The van der Waals surface area contributed by atoms with Crippen LogP contribution in [0.25, 0.3) is 0 Å². The summed E-state index contributed by atoms with van der Waals surface area (Å²) in [5, 5.41) is 8.47. The first-order chi connectivity index (χ1) is 7.83. The fourth-order valence-electron chi connectivity index (χ4n) is 1.56. The van der Waals surface area contributed by atoms with Crippen LogP contribution in [0.15, 0.2) is 11.6 Å². The minimum atomic E-state index is -1.27. The van der Waals surface area contributed by atoms with E-state index < -0.39 is 17.9 Å². The molecule has 0 aromatic heterocycles. The largest absolute Gasteiger partial charge is 0.444 e. The molecule has 0 N–H and O–H groups in total. The number of rotatable bonds is 0. The van der Waals surface area contributed by atoms with Crippen LogP contribution in [-0.2, 0) is 4.74 Å². The maximum absolute atomic E-state index is 13.6. The van der Waals surface area contributed by atoms with E-state index in [4.69, 9.17) is 10.00 Å². The van der Waals surface area contributed by atoms with Crippen molar-refractivity contribution in [3.63, 3.8) is 0 Å². The van der Waals surface area contributed by atoms with Gasteiger partial charge in [0.15, 0.2) is 0 Å². The number of halogens is 1. The maximum Gasteiger partial charge on any atom is 0.410 e. The standard InChI is InChI=1S/C12H17FN2O2/c1-12(2,3)17-11(16)15-7-5-9(4-6-14)10(13)8-15/h4,10H,5,7-8H2,1-3H3/b9-4+. The molecule has 0 spiro atoms. The Morgan fingerprint density at radius 1 is 1.65 bits per heavy atom. The number of nitrogens with zero attached hydrogens (tertiary/aromatic N) is 2. The van der Waals surface area contributed by atoms with Crippen molar-refractivity contribution in [2.75, 3.05) is 13.1 Å². The predicted octanol–water partition coefficient (Wildman–Crippen LogP) is 2.42. The van der Waals surface area contributed by atoms with Gasteiger partial charge < -0.3 is 9.64 Å². The van der Waals surface area contributed by atoms with Crippen LogP contribution in [-0.4, -0.2) is 35.9 Å². The number of alkyl halides is 1. The molecule has 4 nitrogen and oxygen atoms in total. The fraction of sp³-hybridized carbons (Fsp3) is 0.667. The summed E-state index contributed by atoms with van der Waals surface area (Å²) in [4.78, 5) is 13.0. The van der Waals surface area contributed by atoms with Crippen LogP contribution in [0.4, 0.5) is 9.18 Å². The lowest BCUT2D eigenvalue weighted by Crippen LogP contribution is -2.44. The lowest BCUT2D eigenvalue weighted by Gasteiger charge is -2.32. The van der Waals surface area contributed by atoms with Gasteiger partial charge in [0.1, 0.15) is 11.8 Å². The summed E-state index contributed by atoms with van der Waals surface area (Å²) in [5.41, 5.74) is -0.127. The molecule has 17 heavy (non-hydrogen) atoms. The number of likely N-dealkylation sites (tertiary alicyclic amines) is 1. The van der Waals surface area contributed by atoms with E-state index in [1.54, 1.807) is 20.8 Å². The van der Waals surface area contributed by atoms with E-state index in [-0.39, 0.29) is 6.54 Å². The molecule has 0 aromatic rings. The van der Waals surface area contributed by atoms with Gasteiger partial charge in [-0.25, -0.2) is 9.18 Å². The molecule has 5 heteroatoms. The molecule has 1 heterocycles. The number of ether oxygens (including phenoxy) is 1. The highest BCUT2D eigenvalue weighted by molar-refractivity contribution is 5.68. The highest BCUT2D eigenvalue weighted by Gasteiger charge is 2.29. The normalized spacial score (nSPS) is 23.4. The Morgan fingerprint density at radius 3 is 2.76 bits per heavy atom. The Bertz CT molecular complexity index is 366. The number of hydrogen-bond donors (Lipinski definition) is 0. The quantitative estimate of drug-likeness (QED) is 0.611. The van der Waals surface area contributed by atoms with Crippen LogP contribution in [0.1, 0.15) is 27.2 Å². The van der Waals surface area contributed by atoms with Crippen molar-refractivity contribution >= 4 is 6.09 Å². The molecule has 1 aliphatic rings. The third-order valence-corrected chi connectivity index (χ3v) is 2.36. The van der Waals surface area contributed by atoms with Crippen molar-refractivity contribution < 1.29 is 13.9 Å². The number of amides is 1. The molecule has 0 radical (unpaired) electrons. The first-order valence-corrected chi connectivity index (χ1v) is 5.54. The summed E-state index contributed by atoms with van der Waals surface area (Å²) in [6, 6.07) is 1.81. The third-order valence-electron chi connectivity index (χ3n) is 2.36. The second-order valence-corrected chi connectivity index (χ2v) is 4.99. The van der Waals surface area contributed by atoms with E-state index in [1.807, 2.05) is 6.07 Å². The van der Waals surface area contributed by atoms with Gasteiger partial charge in [-0.15, -0.1) is 0 Å². The lowest BCUT2D eigenvalue weighted by molar-refractivity contribution is 0.0185. The number of hydrogen-bond acceptors (Lipinski definition) is 3. The monoisotopic (exact) mass is 240 g/mol. The lowest BCUT2D eigenvalue weighted by atomic mass is 10.0. The molecule has 1 aliphatic heterocycles. The van der Waals surface area contributed by atoms with Gasteiger partial charge in [-0.3, -0.25) is 0 Å². The summed E-state index contributed by atoms with van der Waals surface area (Å²) >= 11 is 0. The molecular weight excluding hydrogens is 223 g/mol. The summed E-state index contributed by atoms with van der Waals surface area (Å²) in [7, 11) is 0. The molecule has 1 saturated heterocycles. The van der Waals surface area contributed by atoms with E-state index in [2.05, 4.69) is 0 Å². The number of nitriles is 1. The van der Waals surface area contributed by atoms with E-state index in [9.17, 15) is 9.18 Å². The molecule has 1 amide bonds. The maximum atomic E-state index is 13.6. The summed E-state index contributed by atoms with van der Waals surface area (Å²) < 4.78 is 18.8. The second kappa shape index (κ2) is 5.17. The SMILES string of the molecule is CC(C)(C)OC(=O)N1CC/C(=C\C#N)C(F)C1. The third kappa shape index (κ3) is 4.06. The van der Waals surface area contributed by atoms with E-state index in [0.29, 0.717) is 18.5 Å². The molecule has 1 atom stereocenters. The van der Waals surface area contributed by atoms with Gasteiger partial charge >= 0.3 is 6.09 Å².